The van der Waals surface area contributed by atoms with Crippen molar-refractivity contribution in [1.29, 1.82) is 0 Å². The molecule has 0 fully saturated rings. The third-order valence-electron chi connectivity index (χ3n) is 4.69. The number of fused-ring (bicyclic) bond motifs is 2. The Hall–Kier alpha value is -3.01. The Morgan fingerprint density at radius 2 is 1.73 bits per heavy atom. The normalized spacial score (nSPS) is 15.7. The minimum Gasteiger partial charge on any atom is -0.486 e. The zero-order valence-corrected chi connectivity index (χ0v) is 14.7. The van der Waals surface area contributed by atoms with Gasteiger partial charge in [0, 0.05) is 7.05 Å². The van der Waals surface area contributed by atoms with E-state index in [-0.39, 0.29) is 12.0 Å². The number of likely N-dealkylation sites (N-methyl/N-ethyl adjacent to an activating group) is 1. The second-order valence-electron chi connectivity index (χ2n) is 6.59. The van der Waals surface area contributed by atoms with E-state index in [1.54, 1.807) is 4.90 Å². The molecule has 0 saturated carbocycles. The van der Waals surface area contributed by atoms with Crippen LogP contribution in [0.3, 0.4) is 0 Å². The highest BCUT2D eigenvalue weighted by atomic mass is 16.6. The molecule has 0 saturated heterocycles. The summed E-state index contributed by atoms with van der Waals surface area (Å²) in [6, 6.07) is 21.8. The Morgan fingerprint density at radius 1 is 1.00 bits per heavy atom. The van der Waals surface area contributed by atoms with E-state index < -0.39 is 0 Å². The molecular weight excluding hydrogens is 326 g/mol. The summed E-state index contributed by atoms with van der Waals surface area (Å²) in [7, 11) is 1.82. The molecule has 1 unspecified atom stereocenters. The van der Waals surface area contributed by atoms with Crippen molar-refractivity contribution >= 4 is 16.7 Å². The SMILES string of the molecule is CN(CC1COc2ccccc2O1)C(=O)Cc1cccc2ccccc12. The summed E-state index contributed by atoms with van der Waals surface area (Å²) in [5.41, 5.74) is 1.05. The first-order chi connectivity index (χ1) is 12.7. The van der Waals surface area contributed by atoms with Crippen LogP contribution in [0.2, 0.25) is 0 Å². The number of ether oxygens (including phenoxy) is 2. The van der Waals surface area contributed by atoms with E-state index in [2.05, 4.69) is 18.2 Å². The number of nitrogens with zero attached hydrogens (tertiary/aromatic N) is 1. The first kappa shape index (κ1) is 16.5. The van der Waals surface area contributed by atoms with E-state index in [1.807, 2.05) is 55.6 Å². The number of para-hydroxylation sites is 2. The molecule has 1 aliphatic rings. The van der Waals surface area contributed by atoms with E-state index in [0.717, 1.165) is 27.8 Å². The molecule has 0 radical (unpaired) electrons. The quantitative estimate of drug-likeness (QED) is 0.723. The zero-order chi connectivity index (χ0) is 17.9. The number of hydrogen-bond acceptors (Lipinski definition) is 3. The minimum atomic E-state index is -0.161. The predicted octanol–water partition coefficient (Wildman–Crippen LogP) is 3.68. The van der Waals surface area contributed by atoms with Gasteiger partial charge in [0.1, 0.15) is 6.61 Å². The van der Waals surface area contributed by atoms with Crippen molar-refractivity contribution in [2.24, 2.45) is 0 Å². The standard InChI is InChI=1S/C22H21NO3/c1-23(14-18-15-25-20-11-4-5-12-21(20)26-18)22(24)13-17-9-6-8-16-7-2-3-10-19(16)17/h2-12,18H,13-15H2,1H3. The van der Waals surface area contributed by atoms with Crippen LogP contribution in [0.4, 0.5) is 0 Å². The summed E-state index contributed by atoms with van der Waals surface area (Å²) in [6.07, 6.45) is 0.216. The van der Waals surface area contributed by atoms with Gasteiger partial charge in [0.05, 0.1) is 13.0 Å². The highest BCUT2D eigenvalue weighted by Crippen LogP contribution is 2.31. The second kappa shape index (κ2) is 7.08. The monoisotopic (exact) mass is 347 g/mol. The molecule has 1 heterocycles. The molecule has 0 spiro atoms. The number of benzene rings is 3. The van der Waals surface area contributed by atoms with Crippen molar-refractivity contribution < 1.29 is 14.3 Å². The van der Waals surface area contributed by atoms with E-state index in [4.69, 9.17) is 9.47 Å². The van der Waals surface area contributed by atoms with Crippen LogP contribution in [0.5, 0.6) is 11.5 Å². The molecule has 1 aliphatic heterocycles. The lowest BCUT2D eigenvalue weighted by atomic mass is 10.0. The van der Waals surface area contributed by atoms with E-state index in [9.17, 15) is 4.79 Å². The summed E-state index contributed by atoms with van der Waals surface area (Å²) in [4.78, 5) is 14.4. The fourth-order valence-corrected chi connectivity index (χ4v) is 3.30. The molecule has 0 aromatic heterocycles. The Balaban J connectivity index is 1.42. The maximum absolute atomic E-state index is 12.7. The van der Waals surface area contributed by atoms with Gasteiger partial charge in [-0.05, 0) is 28.5 Å². The van der Waals surface area contributed by atoms with Crippen LogP contribution in [-0.2, 0) is 11.2 Å². The van der Waals surface area contributed by atoms with Gasteiger partial charge < -0.3 is 14.4 Å². The molecule has 0 bridgehead atoms. The number of carbonyl (C=O) groups excluding carboxylic acids is 1. The van der Waals surface area contributed by atoms with Gasteiger partial charge in [0.25, 0.3) is 0 Å². The summed E-state index contributed by atoms with van der Waals surface area (Å²) in [5.74, 6) is 1.57. The highest BCUT2D eigenvalue weighted by molar-refractivity contribution is 5.90. The van der Waals surface area contributed by atoms with Crippen LogP contribution in [0.15, 0.2) is 66.7 Å². The molecule has 3 aromatic rings. The van der Waals surface area contributed by atoms with Gasteiger partial charge in [0.15, 0.2) is 17.6 Å². The van der Waals surface area contributed by atoms with Gasteiger partial charge in [-0.25, -0.2) is 0 Å². The maximum atomic E-state index is 12.7. The number of carbonyl (C=O) groups is 1. The van der Waals surface area contributed by atoms with Gasteiger partial charge in [-0.3, -0.25) is 4.79 Å². The highest BCUT2D eigenvalue weighted by Gasteiger charge is 2.23. The fourth-order valence-electron chi connectivity index (χ4n) is 3.30. The van der Waals surface area contributed by atoms with Crippen LogP contribution >= 0.6 is 0 Å². The first-order valence-corrected chi connectivity index (χ1v) is 8.80. The largest absolute Gasteiger partial charge is 0.486 e. The molecule has 0 aliphatic carbocycles. The van der Waals surface area contributed by atoms with Crippen LogP contribution in [0.1, 0.15) is 5.56 Å². The topological polar surface area (TPSA) is 38.8 Å². The van der Waals surface area contributed by atoms with Gasteiger partial charge in [-0.15, -0.1) is 0 Å². The van der Waals surface area contributed by atoms with E-state index >= 15 is 0 Å². The van der Waals surface area contributed by atoms with Gasteiger partial charge >= 0.3 is 0 Å². The lowest BCUT2D eigenvalue weighted by Crippen LogP contribution is -2.42. The van der Waals surface area contributed by atoms with Crippen molar-refractivity contribution in [3.63, 3.8) is 0 Å². The number of rotatable bonds is 4. The predicted molar refractivity (Wildman–Crippen MR) is 102 cm³/mol. The molecule has 0 N–H and O–H groups in total. The molecule has 4 rings (SSSR count). The second-order valence-corrected chi connectivity index (χ2v) is 6.59. The molecule has 26 heavy (non-hydrogen) atoms. The summed E-state index contributed by atoms with van der Waals surface area (Å²) >= 11 is 0. The summed E-state index contributed by atoms with van der Waals surface area (Å²) in [5, 5.41) is 2.28. The number of hydrogen-bond donors (Lipinski definition) is 0. The van der Waals surface area contributed by atoms with Crippen molar-refractivity contribution in [2.45, 2.75) is 12.5 Å². The Labute approximate surface area is 153 Å². The molecule has 4 heteroatoms. The Bertz CT molecular complexity index is 932. The van der Waals surface area contributed by atoms with Crippen LogP contribution in [0, 0.1) is 0 Å². The molecular formula is C22H21NO3. The summed E-state index contributed by atoms with van der Waals surface area (Å²) < 4.78 is 11.7. The average molecular weight is 347 g/mol. The third-order valence-corrected chi connectivity index (χ3v) is 4.69. The third kappa shape index (κ3) is 3.36. The fraction of sp³-hybridized carbons (Fsp3) is 0.227. The average Bonchev–Trinajstić information content (AvgIpc) is 2.68. The minimum absolute atomic E-state index is 0.0730. The maximum Gasteiger partial charge on any atom is 0.226 e. The zero-order valence-electron chi connectivity index (χ0n) is 14.7. The lowest BCUT2D eigenvalue weighted by molar-refractivity contribution is -0.130. The van der Waals surface area contributed by atoms with Gasteiger partial charge in [-0.1, -0.05) is 54.6 Å². The first-order valence-electron chi connectivity index (χ1n) is 8.80. The molecule has 1 atom stereocenters. The van der Waals surface area contributed by atoms with Crippen LogP contribution in [0.25, 0.3) is 10.8 Å². The van der Waals surface area contributed by atoms with E-state index in [0.29, 0.717) is 19.6 Å². The Morgan fingerprint density at radius 3 is 2.62 bits per heavy atom. The smallest absolute Gasteiger partial charge is 0.226 e. The van der Waals surface area contributed by atoms with Crippen molar-refractivity contribution in [3.8, 4) is 11.5 Å². The van der Waals surface area contributed by atoms with Crippen molar-refractivity contribution in [3.05, 3.63) is 72.3 Å². The number of amides is 1. The lowest BCUT2D eigenvalue weighted by Gasteiger charge is -2.29. The molecule has 132 valence electrons. The van der Waals surface area contributed by atoms with Crippen LogP contribution in [-0.4, -0.2) is 37.1 Å². The van der Waals surface area contributed by atoms with Gasteiger partial charge in [-0.2, -0.15) is 0 Å². The molecule has 4 nitrogen and oxygen atoms in total. The summed E-state index contributed by atoms with van der Waals surface area (Å²) in [6.45, 7) is 0.945. The molecule has 3 aromatic carbocycles. The van der Waals surface area contributed by atoms with Crippen molar-refractivity contribution in [2.75, 3.05) is 20.2 Å². The van der Waals surface area contributed by atoms with Crippen molar-refractivity contribution in [1.82, 2.24) is 4.90 Å². The van der Waals surface area contributed by atoms with E-state index in [1.165, 1.54) is 0 Å². The Kier molecular flexibility index (Phi) is 4.48. The molecule has 1 amide bonds. The van der Waals surface area contributed by atoms with Crippen LogP contribution < -0.4 is 9.47 Å². The van der Waals surface area contributed by atoms with Gasteiger partial charge in [0.2, 0.25) is 5.91 Å².